The van der Waals surface area contributed by atoms with Crippen molar-refractivity contribution in [2.45, 2.75) is 122 Å². The second-order valence-electron chi connectivity index (χ2n) is 8.28. The average molecular weight is 598 g/mol. The number of carbonyl (C=O) groups is 8. The molecule has 0 rings (SSSR count). The Morgan fingerprint density at radius 3 is 0.829 bits per heavy atom. The molecule has 0 aliphatic heterocycles. The lowest BCUT2D eigenvalue weighted by molar-refractivity contribution is -0.140. The Bertz CT molecular complexity index is 641. The smallest absolute Gasteiger partial charge is 0.305 e. The lowest BCUT2D eigenvalue weighted by Gasteiger charge is -1.88. The molecule has 0 unspecified atom stereocenters. The van der Waals surface area contributed by atoms with E-state index < -0.39 is 0 Å². The van der Waals surface area contributed by atoms with E-state index in [2.05, 4.69) is 17.0 Å². The van der Waals surface area contributed by atoms with Crippen LogP contribution in [0.25, 0.3) is 0 Å². The van der Waals surface area contributed by atoms with Crippen molar-refractivity contribution in [3.8, 4) is 0 Å². The van der Waals surface area contributed by atoms with Gasteiger partial charge in [-0.05, 0) is 54.9 Å². The standard InChI is InChI=1S/2C5H8O2.C4H9NO.C4H8O2.C4H10O.2C4H8O.2H2/c2*1-4(6)3-5(2)7;1-3-5-4(2)6;1-3-4(5)6-2;1-3-4-5-2;2*1-3-4(2)5;;/h2*3H2,1-2H3;3H2,1-2H3,(H,5,6);3H2,1-2H3;3-4H2,1-2H3;2*3H2,1-2H3;2*1H. The zero-order valence-corrected chi connectivity index (χ0v) is 28.2. The lowest BCUT2D eigenvalue weighted by atomic mass is 10.2. The van der Waals surface area contributed by atoms with Crippen LogP contribution in [0, 0.1) is 0 Å². The van der Waals surface area contributed by atoms with Crippen molar-refractivity contribution >= 4 is 46.6 Å². The molecule has 0 aliphatic rings. The summed E-state index contributed by atoms with van der Waals surface area (Å²) in [4.78, 5) is 79.6. The molecule has 11 heteroatoms. The van der Waals surface area contributed by atoms with Crippen molar-refractivity contribution < 1.29 is 50.7 Å². The average Bonchev–Trinajstić information content (AvgIpc) is 2.84. The normalized spacial score (nSPS) is 7.95. The molecule has 248 valence electrons. The minimum absolute atomic E-state index is 0. The first-order chi connectivity index (χ1) is 18.8. The Morgan fingerprint density at radius 1 is 0.537 bits per heavy atom. The van der Waals surface area contributed by atoms with Gasteiger partial charge >= 0.3 is 5.97 Å². The van der Waals surface area contributed by atoms with Crippen molar-refractivity contribution in [1.29, 1.82) is 0 Å². The maximum absolute atomic E-state index is 10.0. The van der Waals surface area contributed by atoms with E-state index in [0.717, 1.165) is 19.6 Å². The Labute approximate surface area is 251 Å². The minimum atomic E-state index is -0.157. The van der Waals surface area contributed by atoms with Crippen molar-refractivity contribution in [2.75, 3.05) is 27.4 Å². The molecule has 0 aromatic carbocycles. The van der Waals surface area contributed by atoms with Gasteiger partial charge in [0, 0.05) is 49.3 Å². The molecule has 0 fully saturated rings. The Balaban J connectivity index is -0.0000000447. The van der Waals surface area contributed by atoms with E-state index in [1.165, 1.54) is 41.7 Å². The van der Waals surface area contributed by atoms with Gasteiger partial charge in [-0.15, -0.1) is 0 Å². The number of rotatable bonds is 10. The monoisotopic (exact) mass is 597 g/mol. The van der Waals surface area contributed by atoms with Crippen LogP contribution >= 0.6 is 0 Å². The van der Waals surface area contributed by atoms with Crippen molar-refractivity contribution in [3.63, 3.8) is 0 Å². The quantitative estimate of drug-likeness (QED) is 0.257. The number of methoxy groups -OCH3 is 2. The third-order valence-electron chi connectivity index (χ3n) is 3.34. The van der Waals surface area contributed by atoms with Gasteiger partial charge in [-0.2, -0.15) is 0 Å². The number of hydrogen-bond acceptors (Lipinski definition) is 10. The van der Waals surface area contributed by atoms with E-state index >= 15 is 0 Å². The summed E-state index contributed by atoms with van der Waals surface area (Å²) in [5.74, 6) is 0.141. The van der Waals surface area contributed by atoms with E-state index in [4.69, 9.17) is 4.74 Å². The van der Waals surface area contributed by atoms with Crippen LogP contribution in [0.1, 0.15) is 124 Å². The first-order valence-corrected chi connectivity index (χ1v) is 13.6. The highest BCUT2D eigenvalue weighted by atomic mass is 16.5. The van der Waals surface area contributed by atoms with Crippen LogP contribution in [0.4, 0.5) is 0 Å². The molecule has 0 aromatic rings. The maximum Gasteiger partial charge on any atom is 0.305 e. The number of ether oxygens (including phenoxy) is 2. The number of ketones is 6. The van der Waals surface area contributed by atoms with Gasteiger partial charge in [0.2, 0.25) is 5.91 Å². The molecule has 0 heterocycles. The van der Waals surface area contributed by atoms with Crippen LogP contribution in [0.5, 0.6) is 0 Å². The molecule has 0 saturated carbocycles. The van der Waals surface area contributed by atoms with Crippen LogP contribution in [0.2, 0.25) is 0 Å². The number of hydrogen-bond donors (Lipinski definition) is 1. The molecule has 0 radical (unpaired) electrons. The number of amides is 1. The molecular formula is C30H63NO10. The van der Waals surface area contributed by atoms with Crippen LogP contribution in [0.15, 0.2) is 0 Å². The van der Waals surface area contributed by atoms with Gasteiger partial charge in [0.05, 0.1) is 20.0 Å². The topological polar surface area (TPSA) is 167 Å². The second kappa shape index (κ2) is 46.8. The molecule has 41 heavy (non-hydrogen) atoms. The van der Waals surface area contributed by atoms with Crippen LogP contribution in [-0.2, 0) is 47.8 Å². The lowest BCUT2D eigenvalue weighted by Crippen LogP contribution is -2.18. The number of esters is 1. The third-order valence-corrected chi connectivity index (χ3v) is 3.34. The van der Waals surface area contributed by atoms with Gasteiger partial charge in [-0.1, -0.05) is 27.7 Å². The summed E-state index contributed by atoms with van der Waals surface area (Å²) < 4.78 is 8.95. The van der Waals surface area contributed by atoms with Crippen molar-refractivity contribution in [3.05, 3.63) is 0 Å². The summed E-state index contributed by atoms with van der Waals surface area (Å²) in [6.07, 6.45) is 3.09. The van der Waals surface area contributed by atoms with Crippen LogP contribution in [0.3, 0.4) is 0 Å². The molecule has 1 N–H and O–H groups in total. The number of Topliss-reactive ketones (excluding diaryl/α,β-unsaturated/α-hetero) is 6. The first kappa shape index (κ1) is 54.1. The number of nitrogens with one attached hydrogen (secondary N) is 1. The highest BCUT2D eigenvalue weighted by molar-refractivity contribution is 5.97. The minimum Gasteiger partial charge on any atom is -0.469 e. The maximum atomic E-state index is 10.0. The van der Waals surface area contributed by atoms with Crippen molar-refractivity contribution in [1.82, 2.24) is 5.32 Å². The summed E-state index contributed by atoms with van der Waals surface area (Å²) in [7, 11) is 3.09. The molecule has 1 amide bonds. The van der Waals surface area contributed by atoms with Crippen LogP contribution in [-0.4, -0.2) is 73.9 Å². The largest absolute Gasteiger partial charge is 0.469 e. The van der Waals surface area contributed by atoms with Crippen LogP contribution < -0.4 is 5.32 Å². The van der Waals surface area contributed by atoms with Gasteiger partial charge < -0.3 is 24.4 Å². The van der Waals surface area contributed by atoms with E-state index in [0.29, 0.717) is 19.3 Å². The van der Waals surface area contributed by atoms with Crippen molar-refractivity contribution in [2.24, 2.45) is 0 Å². The second-order valence-corrected chi connectivity index (χ2v) is 8.28. The zero-order chi connectivity index (χ0) is 34.4. The van der Waals surface area contributed by atoms with Gasteiger partial charge in [0.15, 0.2) is 0 Å². The highest BCUT2D eigenvalue weighted by Gasteiger charge is 1.95. The molecular weight excluding hydrogens is 534 g/mol. The predicted molar refractivity (Wildman–Crippen MR) is 167 cm³/mol. The Hall–Kier alpha value is -3.08. The summed E-state index contributed by atoms with van der Waals surface area (Å²) >= 11 is 0. The van der Waals surface area contributed by atoms with Gasteiger partial charge in [-0.25, -0.2) is 0 Å². The number of carbonyl (C=O) groups excluding carboxylic acids is 8. The summed E-state index contributed by atoms with van der Waals surface area (Å²) in [6.45, 7) is 21.3. The molecule has 0 aliphatic carbocycles. The van der Waals surface area contributed by atoms with E-state index in [1.807, 2.05) is 20.8 Å². The summed E-state index contributed by atoms with van der Waals surface area (Å²) in [5.41, 5.74) is 0. The molecule has 0 atom stereocenters. The SMILES string of the molecule is CC(=O)CC(C)=O.CC(=O)CC(C)=O.CCC(=O)OC.CCC(C)=O.CCC(C)=O.CCCOC.CCNC(C)=O.[HH].[HH]. The first-order valence-electron chi connectivity index (χ1n) is 13.6. The molecule has 0 spiro atoms. The van der Waals surface area contributed by atoms with Gasteiger partial charge in [0.25, 0.3) is 0 Å². The fraction of sp³-hybridized carbons (Fsp3) is 0.733. The molecule has 0 aromatic heterocycles. The zero-order valence-electron chi connectivity index (χ0n) is 28.2. The van der Waals surface area contributed by atoms with E-state index in [9.17, 15) is 38.4 Å². The predicted octanol–water partition coefficient (Wildman–Crippen LogP) is 5.33. The fourth-order valence-corrected chi connectivity index (χ4v) is 1.30. The highest BCUT2D eigenvalue weighted by Crippen LogP contribution is 1.81. The fourth-order valence-electron chi connectivity index (χ4n) is 1.30. The van der Waals surface area contributed by atoms with Gasteiger partial charge in [-0.3, -0.25) is 28.8 Å². The summed E-state index contributed by atoms with van der Waals surface area (Å²) in [6, 6.07) is 0. The third kappa shape index (κ3) is 140. The summed E-state index contributed by atoms with van der Waals surface area (Å²) in [5, 5.41) is 2.57. The van der Waals surface area contributed by atoms with Gasteiger partial charge in [0.1, 0.15) is 34.7 Å². The van der Waals surface area contributed by atoms with E-state index in [-0.39, 0.29) is 62.3 Å². The Kier molecular flexibility index (Phi) is 61.7. The molecule has 0 bridgehead atoms. The Morgan fingerprint density at radius 2 is 0.829 bits per heavy atom. The molecule has 11 nitrogen and oxygen atoms in total. The van der Waals surface area contributed by atoms with E-state index in [1.54, 1.807) is 27.9 Å². The molecule has 0 saturated heterocycles.